The van der Waals surface area contributed by atoms with Crippen molar-refractivity contribution in [2.24, 2.45) is 5.92 Å². The van der Waals surface area contributed by atoms with Crippen LogP contribution in [-0.4, -0.2) is 41.1 Å². The van der Waals surface area contributed by atoms with Gasteiger partial charge in [-0.05, 0) is 43.9 Å². The summed E-state index contributed by atoms with van der Waals surface area (Å²) in [5.74, 6) is -0.529. The highest BCUT2D eigenvalue weighted by Crippen LogP contribution is 2.28. The van der Waals surface area contributed by atoms with Gasteiger partial charge < -0.3 is 14.7 Å². The molecular weight excluding hydrogens is 294 g/mol. The summed E-state index contributed by atoms with van der Waals surface area (Å²) in [6.45, 7) is 4.44. The maximum absolute atomic E-state index is 12.3. The van der Waals surface area contributed by atoms with Crippen LogP contribution < -0.4 is 4.74 Å². The van der Waals surface area contributed by atoms with Gasteiger partial charge in [0.15, 0.2) is 0 Å². The Labute approximate surface area is 137 Å². The average Bonchev–Trinajstić information content (AvgIpc) is 3.33. The molecule has 0 aromatic heterocycles. The van der Waals surface area contributed by atoms with E-state index >= 15 is 0 Å². The molecule has 0 aliphatic heterocycles. The summed E-state index contributed by atoms with van der Waals surface area (Å²) in [5.41, 5.74) is 1.14. The SMILES string of the molecule is Cc1cccc(OCCCC(=O)N(CC(C)C(=O)O)C2CC2)c1. The molecule has 1 saturated carbocycles. The van der Waals surface area contributed by atoms with E-state index in [0.717, 1.165) is 24.2 Å². The quantitative estimate of drug-likeness (QED) is 0.711. The summed E-state index contributed by atoms with van der Waals surface area (Å²) < 4.78 is 5.65. The van der Waals surface area contributed by atoms with Gasteiger partial charge in [-0.2, -0.15) is 0 Å². The van der Waals surface area contributed by atoms with Gasteiger partial charge in [-0.1, -0.05) is 19.1 Å². The van der Waals surface area contributed by atoms with Gasteiger partial charge in [-0.3, -0.25) is 9.59 Å². The van der Waals surface area contributed by atoms with E-state index in [9.17, 15) is 9.59 Å². The molecule has 1 atom stereocenters. The molecule has 1 fully saturated rings. The van der Waals surface area contributed by atoms with Crippen molar-refractivity contribution in [1.82, 2.24) is 4.90 Å². The number of hydrogen-bond donors (Lipinski definition) is 1. The standard InChI is InChI=1S/C18H25NO4/c1-13-5-3-6-16(11-13)23-10-4-7-17(20)19(15-8-9-15)12-14(2)18(21)22/h3,5-6,11,14-15H,4,7-10,12H2,1-2H3,(H,21,22). The predicted molar refractivity (Wildman–Crippen MR) is 87.4 cm³/mol. The van der Waals surface area contributed by atoms with E-state index in [1.807, 2.05) is 31.2 Å². The molecule has 0 spiro atoms. The number of carbonyl (C=O) groups excluding carboxylic acids is 1. The fraction of sp³-hybridized carbons (Fsp3) is 0.556. The molecule has 1 aromatic rings. The largest absolute Gasteiger partial charge is 0.494 e. The Kier molecular flexibility index (Phi) is 6.02. The highest BCUT2D eigenvalue weighted by atomic mass is 16.5. The predicted octanol–water partition coefficient (Wildman–Crippen LogP) is 2.87. The molecule has 0 radical (unpaired) electrons. The molecule has 1 amide bonds. The first-order chi connectivity index (χ1) is 11.0. The van der Waals surface area contributed by atoms with Gasteiger partial charge in [0, 0.05) is 19.0 Å². The number of benzene rings is 1. The van der Waals surface area contributed by atoms with Crippen LogP contribution in [-0.2, 0) is 9.59 Å². The topological polar surface area (TPSA) is 66.8 Å². The second-order valence-corrected chi connectivity index (χ2v) is 6.29. The molecule has 0 saturated heterocycles. The molecule has 5 nitrogen and oxygen atoms in total. The van der Waals surface area contributed by atoms with Crippen LogP contribution >= 0.6 is 0 Å². The van der Waals surface area contributed by atoms with Crippen molar-refractivity contribution in [2.45, 2.75) is 45.6 Å². The van der Waals surface area contributed by atoms with Gasteiger partial charge >= 0.3 is 5.97 Å². The van der Waals surface area contributed by atoms with Crippen LogP contribution in [0.4, 0.5) is 0 Å². The van der Waals surface area contributed by atoms with Crippen LogP contribution in [0, 0.1) is 12.8 Å². The molecule has 1 unspecified atom stereocenters. The third kappa shape index (κ3) is 5.58. The summed E-state index contributed by atoms with van der Waals surface area (Å²) in [6.07, 6.45) is 3.00. The smallest absolute Gasteiger partial charge is 0.308 e. The number of rotatable bonds is 9. The van der Waals surface area contributed by atoms with Crippen molar-refractivity contribution in [1.29, 1.82) is 0 Å². The summed E-state index contributed by atoms with van der Waals surface area (Å²) in [6, 6.07) is 8.06. The van der Waals surface area contributed by atoms with E-state index in [0.29, 0.717) is 26.0 Å². The lowest BCUT2D eigenvalue weighted by Gasteiger charge is -2.24. The first-order valence-electron chi connectivity index (χ1n) is 8.19. The Bertz CT molecular complexity index is 554. The lowest BCUT2D eigenvalue weighted by atomic mass is 10.1. The Hall–Kier alpha value is -2.04. The number of amides is 1. The Balaban J connectivity index is 1.75. The van der Waals surface area contributed by atoms with Gasteiger partial charge in [-0.25, -0.2) is 0 Å². The van der Waals surface area contributed by atoms with E-state index in [-0.39, 0.29) is 11.9 Å². The summed E-state index contributed by atoms with van der Waals surface area (Å²) >= 11 is 0. The molecule has 1 aliphatic rings. The molecule has 126 valence electrons. The lowest BCUT2D eigenvalue weighted by Crippen LogP contribution is -2.38. The first kappa shape index (κ1) is 17.3. The molecule has 1 aromatic carbocycles. The lowest BCUT2D eigenvalue weighted by molar-refractivity contribution is -0.143. The Morgan fingerprint density at radius 1 is 1.39 bits per heavy atom. The molecule has 5 heteroatoms. The van der Waals surface area contributed by atoms with Crippen molar-refractivity contribution in [3.05, 3.63) is 29.8 Å². The maximum Gasteiger partial charge on any atom is 0.308 e. The van der Waals surface area contributed by atoms with E-state index in [4.69, 9.17) is 9.84 Å². The number of carboxylic acid groups (broad SMARTS) is 1. The van der Waals surface area contributed by atoms with Crippen molar-refractivity contribution in [2.75, 3.05) is 13.2 Å². The number of hydrogen-bond acceptors (Lipinski definition) is 3. The van der Waals surface area contributed by atoms with Gasteiger partial charge in [0.05, 0.1) is 12.5 Å². The maximum atomic E-state index is 12.3. The van der Waals surface area contributed by atoms with Crippen LogP contribution in [0.25, 0.3) is 0 Å². The molecule has 2 rings (SSSR count). The van der Waals surface area contributed by atoms with E-state index < -0.39 is 11.9 Å². The minimum absolute atomic E-state index is 0.0356. The Morgan fingerprint density at radius 3 is 2.74 bits per heavy atom. The fourth-order valence-corrected chi connectivity index (χ4v) is 2.48. The van der Waals surface area contributed by atoms with Crippen molar-refractivity contribution >= 4 is 11.9 Å². The summed E-state index contributed by atoms with van der Waals surface area (Å²) in [4.78, 5) is 25.1. The molecule has 1 aliphatic carbocycles. The number of ether oxygens (including phenoxy) is 1. The molecule has 0 bridgehead atoms. The van der Waals surface area contributed by atoms with Crippen LogP contribution in [0.1, 0.15) is 38.2 Å². The monoisotopic (exact) mass is 319 g/mol. The second-order valence-electron chi connectivity index (χ2n) is 6.29. The molecule has 23 heavy (non-hydrogen) atoms. The van der Waals surface area contributed by atoms with E-state index in [2.05, 4.69) is 0 Å². The van der Waals surface area contributed by atoms with Crippen LogP contribution in [0.15, 0.2) is 24.3 Å². The van der Waals surface area contributed by atoms with Crippen molar-refractivity contribution < 1.29 is 19.4 Å². The zero-order valence-corrected chi connectivity index (χ0v) is 13.8. The number of carbonyl (C=O) groups is 2. The molecule has 0 heterocycles. The third-order valence-corrected chi connectivity index (χ3v) is 3.99. The third-order valence-electron chi connectivity index (χ3n) is 3.99. The van der Waals surface area contributed by atoms with Gasteiger partial charge in [-0.15, -0.1) is 0 Å². The van der Waals surface area contributed by atoms with E-state index in [1.54, 1.807) is 11.8 Å². The zero-order chi connectivity index (χ0) is 16.8. The van der Waals surface area contributed by atoms with Gasteiger partial charge in [0.1, 0.15) is 5.75 Å². The number of carboxylic acids is 1. The van der Waals surface area contributed by atoms with Crippen LogP contribution in [0.5, 0.6) is 5.75 Å². The number of aliphatic carboxylic acids is 1. The van der Waals surface area contributed by atoms with Gasteiger partial charge in [0.2, 0.25) is 5.91 Å². The Morgan fingerprint density at radius 2 is 2.13 bits per heavy atom. The normalized spacial score (nSPS) is 15.0. The van der Waals surface area contributed by atoms with Crippen molar-refractivity contribution in [3.8, 4) is 5.75 Å². The van der Waals surface area contributed by atoms with Gasteiger partial charge in [0.25, 0.3) is 0 Å². The minimum Gasteiger partial charge on any atom is -0.494 e. The summed E-state index contributed by atoms with van der Waals surface area (Å²) in [7, 11) is 0. The summed E-state index contributed by atoms with van der Waals surface area (Å²) in [5, 5.41) is 9.02. The average molecular weight is 319 g/mol. The zero-order valence-electron chi connectivity index (χ0n) is 13.8. The van der Waals surface area contributed by atoms with Crippen LogP contribution in [0.3, 0.4) is 0 Å². The van der Waals surface area contributed by atoms with E-state index in [1.165, 1.54) is 0 Å². The second kappa shape index (κ2) is 7.99. The highest BCUT2D eigenvalue weighted by Gasteiger charge is 2.33. The number of nitrogens with zero attached hydrogens (tertiary/aromatic N) is 1. The number of aryl methyl sites for hydroxylation is 1. The fourth-order valence-electron chi connectivity index (χ4n) is 2.48. The molecular formula is C18H25NO4. The highest BCUT2D eigenvalue weighted by molar-refractivity contribution is 5.78. The minimum atomic E-state index is -0.855. The van der Waals surface area contributed by atoms with Crippen molar-refractivity contribution in [3.63, 3.8) is 0 Å². The molecule has 1 N–H and O–H groups in total. The van der Waals surface area contributed by atoms with Crippen LogP contribution in [0.2, 0.25) is 0 Å². The first-order valence-corrected chi connectivity index (χ1v) is 8.19.